The van der Waals surface area contributed by atoms with Crippen LogP contribution >= 0.6 is 0 Å². The van der Waals surface area contributed by atoms with Crippen molar-refractivity contribution in [2.75, 3.05) is 20.3 Å². The molecule has 0 rings (SSSR count). The summed E-state index contributed by atoms with van der Waals surface area (Å²) in [6.45, 7) is 3.27. The number of carbonyl (C=O) groups excluding carboxylic acids is 1. The average Bonchev–Trinajstić information content (AvgIpc) is 2.40. The van der Waals surface area contributed by atoms with Gasteiger partial charge in [0.2, 0.25) is 0 Å². The standard InChI is InChI=1S/C14H27NO4/c1-3-4-5-8-14(13(17)18,9-6-11-16)15-10-7-12-19-2/h11,15H,3-10,12H2,1-2H3,(H,17,18). The van der Waals surface area contributed by atoms with E-state index in [9.17, 15) is 14.7 Å². The third-order valence-corrected chi connectivity index (χ3v) is 3.29. The largest absolute Gasteiger partial charge is 0.480 e. The highest BCUT2D eigenvalue weighted by Gasteiger charge is 2.36. The van der Waals surface area contributed by atoms with E-state index in [2.05, 4.69) is 12.2 Å². The van der Waals surface area contributed by atoms with Crippen LogP contribution in [0.2, 0.25) is 0 Å². The Hall–Kier alpha value is -0.940. The number of hydrogen-bond acceptors (Lipinski definition) is 4. The summed E-state index contributed by atoms with van der Waals surface area (Å²) in [6, 6.07) is 0. The first kappa shape index (κ1) is 18.1. The number of rotatable bonds is 13. The highest BCUT2D eigenvalue weighted by molar-refractivity contribution is 5.79. The second-order valence-electron chi connectivity index (χ2n) is 4.82. The molecule has 1 atom stereocenters. The van der Waals surface area contributed by atoms with Gasteiger partial charge in [0.15, 0.2) is 0 Å². The van der Waals surface area contributed by atoms with Crippen LogP contribution in [-0.2, 0) is 14.3 Å². The molecule has 0 aliphatic heterocycles. The minimum Gasteiger partial charge on any atom is -0.480 e. The zero-order valence-electron chi connectivity index (χ0n) is 12.1. The number of nitrogens with one attached hydrogen (secondary N) is 1. The number of hydrogen-bond donors (Lipinski definition) is 2. The number of carboxylic acids is 1. The number of unbranched alkanes of at least 4 members (excludes halogenated alkanes) is 2. The van der Waals surface area contributed by atoms with Gasteiger partial charge < -0.3 is 20.0 Å². The molecule has 0 bridgehead atoms. The van der Waals surface area contributed by atoms with Crippen molar-refractivity contribution in [1.29, 1.82) is 0 Å². The molecule has 0 spiro atoms. The molecule has 0 radical (unpaired) electrons. The van der Waals surface area contributed by atoms with Crippen LogP contribution in [-0.4, -0.2) is 43.2 Å². The lowest BCUT2D eigenvalue weighted by Crippen LogP contribution is -2.52. The van der Waals surface area contributed by atoms with Gasteiger partial charge in [-0.25, -0.2) is 0 Å². The summed E-state index contributed by atoms with van der Waals surface area (Å²) in [5.41, 5.74) is -0.968. The number of carboxylic acid groups (broad SMARTS) is 1. The molecular formula is C14H27NO4. The fraction of sp³-hybridized carbons (Fsp3) is 0.857. The Kier molecular flexibility index (Phi) is 10.4. The number of ether oxygens (including phenoxy) is 1. The Morgan fingerprint density at radius 1 is 1.32 bits per heavy atom. The average molecular weight is 273 g/mol. The molecule has 112 valence electrons. The van der Waals surface area contributed by atoms with E-state index in [1.54, 1.807) is 7.11 Å². The molecule has 0 saturated carbocycles. The van der Waals surface area contributed by atoms with Crippen molar-refractivity contribution in [1.82, 2.24) is 5.32 Å². The van der Waals surface area contributed by atoms with Gasteiger partial charge in [0.25, 0.3) is 0 Å². The van der Waals surface area contributed by atoms with Gasteiger partial charge in [0.05, 0.1) is 0 Å². The van der Waals surface area contributed by atoms with Gasteiger partial charge in [-0.05, 0) is 25.8 Å². The first-order valence-electron chi connectivity index (χ1n) is 7.04. The lowest BCUT2D eigenvalue weighted by molar-refractivity contribution is -0.145. The summed E-state index contributed by atoms with van der Waals surface area (Å²) in [4.78, 5) is 22.1. The summed E-state index contributed by atoms with van der Waals surface area (Å²) >= 11 is 0. The highest BCUT2D eigenvalue weighted by atomic mass is 16.5. The predicted octanol–water partition coefficient (Wildman–Crippen LogP) is 2.00. The molecule has 1 unspecified atom stereocenters. The Bertz CT molecular complexity index is 258. The lowest BCUT2D eigenvalue weighted by Gasteiger charge is -2.30. The Morgan fingerprint density at radius 3 is 2.58 bits per heavy atom. The summed E-state index contributed by atoms with van der Waals surface area (Å²) in [5, 5.41) is 12.6. The van der Waals surface area contributed by atoms with E-state index >= 15 is 0 Å². The molecule has 5 heteroatoms. The summed E-state index contributed by atoms with van der Waals surface area (Å²) in [7, 11) is 1.62. The zero-order valence-corrected chi connectivity index (χ0v) is 12.1. The van der Waals surface area contributed by atoms with Gasteiger partial charge in [0, 0.05) is 20.1 Å². The molecule has 2 N–H and O–H groups in total. The molecule has 0 aliphatic carbocycles. The smallest absolute Gasteiger partial charge is 0.323 e. The van der Waals surface area contributed by atoms with E-state index in [0.29, 0.717) is 26.0 Å². The fourth-order valence-corrected chi connectivity index (χ4v) is 2.12. The van der Waals surface area contributed by atoms with Crippen LogP contribution in [0.1, 0.15) is 51.9 Å². The van der Waals surface area contributed by atoms with E-state index in [0.717, 1.165) is 32.0 Å². The number of aldehydes is 1. The third-order valence-electron chi connectivity index (χ3n) is 3.29. The van der Waals surface area contributed by atoms with Crippen molar-refractivity contribution in [3.63, 3.8) is 0 Å². The van der Waals surface area contributed by atoms with E-state index in [-0.39, 0.29) is 6.42 Å². The van der Waals surface area contributed by atoms with Crippen molar-refractivity contribution in [2.45, 2.75) is 57.4 Å². The minimum atomic E-state index is -0.968. The highest BCUT2D eigenvalue weighted by Crippen LogP contribution is 2.21. The van der Waals surface area contributed by atoms with Crippen molar-refractivity contribution in [3.8, 4) is 0 Å². The first-order valence-corrected chi connectivity index (χ1v) is 7.04. The molecule has 0 heterocycles. The molecule has 0 aromatic carbocycles. The summed E-state index contributed by atoms with van der Waals surface area (Å²) in [5.74, 6) is -0.858. The molecule has 0 amide bonds. The van der Waals surface area contributed by atoms with Gasteiger partial charge in [-0.1, -0.05) is 26.2 Å². The lowest BCUT2D eigenvalue weighted by atomic mass is 9.87. The van der Waals surface area contributed by atoms with Gasteiger partial charge >= 0.3 is 5.97 Å². The minimum absolute atomic E-state index is 0.274. The fourth-order valence-electron chi connectivity index (χ4n) is 2.12. The van der Waals surface area contributed by atoms with Crippen LogP contribution in [0.25, 0.3) is 0 Å². The Labute approximate surface area is 115 Å². The van der Waals surface area contributed by atoms with Gasteiger partial charge in [-0.15, -0.1) is 0 Å². The van der Waals surface area contributed by atoms with Crippen molar-refractivity contribution in [3.05, 3.63) is 0 Å². The Morgan fingerprint density at radius 2 is 2.05 bits per heavy atom. The first-order chi connectivity index (χ1) is 9.13. The van der Waals surface area contributed by atoms with E-state index in [1.165, 1.54) is 0 Å². The van der Waals surface area contributed by atoms with Gasteiger partial charge in [-0.2, -0.15) is 0 Å². The molecule has 19 heavy (non-hydrogen) atoms. The van der Waals surface area contributed by atoms with Crippen LogP contribution in [0.15, 0.2) is 0 Å². The number of aliphatic carboxylic acids is 1. The van der Waals surface area contributed by atoms with Crippen LogP contribution in [0.4, 0.5) is 0 Å². The monoisotopic (exact) mass is 273 g/mol. The quantitative estimate of drug-likeness (QED) is 0.396. The van der Waals surface area contributed by atoms with E-state index in [4.69, 9.17) is 4.74 Å². The molecule has 0 saturated heterocycles. The van der Waals surface area contributed by atoms with E-state index < -0.39 is 11.5 Å². The molecular weight excluding hydrogens is 246 g/mol. The van der Waals surface area contributed by atoms with Crippen molar-refractivity contribution in [2.24, 2.45) is 0 Å². The summed E-state index contributed by atoms with van der Waals surface area (Å²) < 4.78 is 4.95. The van der Waals surface area contributed by atoms with Crippen molar-refractivity contribution >= 4 is 12.3 Å². The second-order valence-corrected chi connectivity index (χ2v) is 4.82. The molecule has 0 aromatic rings. The third kappa shape index (κ3) is 7.28. The van der Waals surface area contributed by atoms with Crippen LogP contribution in [0.5, 0.6) is 0 Å². The normalized spacial score (nSPS) is 14.0. The topological polar surface area (TPSA) is 75.6 Å². The maximum atomic E-state index is 11.6. The van der Waals surface area contributed by atoms with Gasteiger partial charge in [0.1, 0.15) is 11.8 Å². The zero-order chi connectivity index (χ0) is 14.6. The molecule has 5 nitrogen and oxygen atoms in total. The maximum Gasteiger partial charge on any atom is 0.323 e. The SMILES string of the molecule is CCCCCC(CCC=O)(NCCCOC)C(=O)O. The molecule has 0 fully saturated rings. The van der Waals surface area contributed by atoms with E-state index in [1.807, 2.05) is 0 Å². The number of methoxy groups -OCH3 is 1. The Balaban J connectivity index is 4.51. The summed E-state index contributed by atoms with van der Waals surface area (Å²) in [6.07, 6.45) is 5.66. The van der Waals surface area contributed by atoms with Crippen LogP contribution in [0.3, 0.4) is 0 Å². The maximum absolute atomic E-state index is 11.6. The van der Waals surface area contributed by atoms with Crippen molar-refractivity contribution < 1.29 is 19.4 Å². The second kappa shape index (κ2) is 10.9. The molecule has 0 aliphatic rings. The van der Waals surface area contributed by atoms with Gasteiger partial charge in [-0.3, -0.25) is 4.79 Å². The van der Waals surface area contributed by atoms with Crippen LogP contribution in [0, 0.1) is 0 Å². The predicted molar refractivity (Wildman–Crippen MR) is 74.3 cm³/mol. The van der Waals surface area contributed by atoms with Crippen LogP contribution < -0.4 is 5.32 Å². The number of carbonyl (C=O) groups is 2. The molecule has 0 aromatic heterocycles.